The molecule has 0 amide bonds. The molecule has 0 aliphatic rings. The number of aromatic nitrogens is 1. The van der Waals surface area contributed by atoms with E-state index in [0.717, 1.165) is 12.1 Å². The van der Waals surface area contributed by atoms with Crippen LogP contribution in [0.1, 0.15) is 17.2 Å². The molecule has 0 spiro atoms. The van der Waals surface area contributed by atoms with Gasteiger partial charge >= 0.3 is 0 Å². The fourth-order valence-electron chi connectivity index (χ4n) is 2.24. The van der Waals surface area contributed by atoms with E-state index in [1.807, 2.05) is 0 Å². The summed E-state index contributed by atoms with van der Waals surface area (Å²) < 4.78 is 26.3. The van der Waals surface area contributed by atoms with Crippen LogP contribution in [0.3, 0.4) is 0 Å². The van der Waals surface area contributed by atoms with Crippen LogP contribution in [0.25, 0.3) is 10.9 Å². The van der Waals surface area contributed by atoms with Crippen LogP contribution in [0.5, 0.6) is 0 Å². The van der Waals surface area contributed by atoms with Crippen LogP contribution < -0.4 is 0 Å². The van der Waals surface area contributed by atoms with Gasteiger partial charge in [-0.1, -0.05) is 23.7 Å². The maximum atomic E-state index is 13.3. The Hall–Kier alpha value is -2.04. The maximum Gasteiger partial charge on any atom is 0.159 e. The second-order valence-electron chi connectivity index (χ2n) is 4.61. The Morgan fingerprint density at radius 3 is 2.62 bits per heavy atom. The molecule has 1 unspecified atom stereocenters. The minimum absolute atomic E-state index is 0.253. The van der Waals surface area contributed by atoms with E-state index in [1.54, 1.807) is 30.5 Å². The van der Waals surface area contributed by atoms with E-state index in [0.29, 0.717) is 21.5 Å². The number of hydrogen-bond donors (Lipinski definition) is 1. The molecular weight excluding hydrogens is 296 g/mol. The summed E-state index contributed by atoms with van der Waals surface area (Å²) in [5.41, 5.74) is 1.27. The molecule has 2 nitrogen and oxygen atoms in total. The summed E-state index contributed by atoms with van der Waals surface area (Å²) in [4.78, 5) is 4.22. The SMILES string of the molecule is OC(c1ccc(F)c(F)c1)c1ccc(Cl)c2cccnc12. The van der Waals surface area contributed by atoms with Gasteiger partial charge in [-0.2, -0.15) is 0 Å². The molecule has 1 atom stereocenters. The molecule has 0 saturated heterocycles. The molecule has 0 radical (unpaired) electrons. The number of rotatable bonds is 2. The van der Waals surface area contributed by atoms with Gasteiger partial charge in [-0.05, 0) is 35.9 Å². The highest BCUT2D eigenvalue weighted by molar-refractivity contribution is 6.35. The molecule has 0 aliphatic heterocycles. The first kappa shape index (κ1) is 13.9. The molecule has 3 aromatic rings. The Kier molecular flexibility index (Phi) is 3.57. The van der Waals surface area contributed by atoms with Crippen molar-refractivity contribution in [3.05, 3.63) is 76.4 Å². The van der Waals surface area contributed by atoms with Crippen LogP contribution in [0.15, 0.2) is 48.7 Å². The number of halogens is 3. The predicted molar refractivity (Wildman–Crippen MR) is 77.2 cm³/mol. The average molecular weight is 306 g/mol. The summed E-state index contributed by atoms with van der Waals surface area (Å²) in [5.74, 6) is -1.96. The summed E-state index contributed by atoms with van der Waals surface area (Å²) in [7, 11) is 0. The monoisotopic (exact) mass is 305 g/mol. The average Bonchev–Trinajstić information content (AvgIpc) is 2.50. The van der Waals surface area contributed by atoms with Gasteiger partial charge in [0.05, 0.1) is 5.52 Å². The molecule has 1 heterocycles. The second-order valence-corrected chi connectivity index (χ2v) is 5.02. The first-order valence-corrected chi connectivity index (χ1v) is 6.62. The quantitative estimate of drug-likeness (QED) is 0.768. The summed E-state index contributed by atoms with van der Waals surface area (Å²) in [5, 5.41) is 11.6. The highest BCUT2D eigenvalue weighted by Crippen LogP contribution is 2.31. The van der Waals surface area contributed by atoms with Crippen LogP contribution in [-0.2, 0) is 0 Å². The van der Waals surface area contributed by atoms with Crippen molar-refractivity contribution in [2.45, 2.75) is 6.10 Å². The molecule has 0 bridgehead atoms. The Morgan fingerprint density at radius 1 is 1.05 bits per heavy atom. The van der Waals surface area contributed by atoms with Crippen molar-refractivity contribution in [3.8, 4) is 0 Å². The van der Waals surface area contributed by atoms with Crippen molar-refractivity contribution in [2.24, 2.45) is 0 Å². The normalized spacial score (nSPS) is 12.6. The molecule has 1 aromatic heterocycles. The van der Waals surface area contributed by atoms with Gasteiger partial charge in [0.1, 0.15) is 6.10 Å². The summed E-state index contributed by atoms with van der Waals surface area (Å²) in [6, 6.07) is 10.1. The van der Waals surface area contributed by atoms with Gasteiger partial charge < -0.3 is 5.11 Å². The summed E-state index contributed by atoms with van der Waals surface area (Å²) in [6.07, 6.45) is 0.468. The van der Waals surface area contributed by atoms with E-state index >= 15 is 0 Å². The number of aliphatic hydroxyl groups is 1. The largest absolute Gasteiger partial charge is 0.384 e. The number of fused-ring (bicyclic) bond motifs is 1. The van der Waals surface area contributed by atoms with Crippen molar-refractivity contribution in [2.75, 3.05) is 0 Å². The molecular formula is C16H10ClF2NO. The highest BCUT2D eigenvalue weighted by Gasteiger charge is 2.17. The van der Waals surface area contributed by atoms with Gasteiger partial charge in [-0.3, -0.25) is 4.98 Å². The molecule has 5 heteroatoms. The topological polar surface area (TPSA) is 33.1 Å². The second kappa shape index (κ2) is 5.39. The van der Waals surface area contributed by atoms with Crippen LogP contribution in [0, 0.1) is 11.6 Å². The Labute approximate surface area is 124 Å². The zero-order valence-corrected chi connectivity index (χ0v) is 11.5. The number of benzene rings is 2. The van der Waals surface area contributed by atoms with Crippen molar-refractivity contribution >= 4 is 22.5 Å². The number of hydrogen-bond acceptors (Lipinski definition) is 2. The first-order valence-electron chi connectivity index (χ1n) is 6.24. The van der Waals surface area contributed by atoms with Crippen LogP contribution in [0.2, 0.25) is 5.02 Å². The fourth-order valence-corrected chi connectivity index (χ4v) is 2.46. The minimum Gasteiger partial charge on any atom is -0.384 e. The van der Waals surface area contributed by atoms with Gasteiger partial charge in [0, 0.05) is 22.2 Å². The molecule has 21 heavy (non-hydrogen) atoms. The molecule has 106 valence electrons. The molecule has 2 aromatic carbocycles. The smallest absolute Gasteiger partial charge is 0.159 e. The Bertz CT molecular complexity index is 822. The zero-order valence-electron chi connectivity index (χ0n) is 10.7. The first-order chi connectivity index (χ1) is 10.1. The maximum absolute atomic E-state index is 13.3. The zero-order chi connectivity index (χ0) is 15.0. The number of pyridine rings is 1. The summed E-state index contributed by atoms with van der Waals surface area (Å²) in [6.45, 7) is 0. The van der Waals surface area contributed by atoms with E-state index in [9.17, 15) is 13.9 Å². The lowest BCUT2D eigenvalue weighted by molar-refractivity contribution is 0.221. The van der Waals surface area contributed by atoms with Crippen molar-refractivity contribution in [1.29, 1.82) is 0 Å². The summed E-state index contributed by atoms with van der Waals surface area (Å²) >= 11 is 6.09. The van der Waals surface area contributed by atoms with Gasteiger partial charge in [0.25, 0.3) is 0 Å². The molecule has 0 fully saturated rings. The van der Waals surface area contributed by atoms with Crippen LogP contribution in [-0.4, -0.2) is 10.1 Å². The minimum atomic E-state index is -1.12. The lowest BCUT2D eigenvalue weighted by atomic mass is 9.98. The van der Waals surface area contributed by atoms with E-state index in [2.05, 4.69) is 4.98 Å². The molecule has 0 saturated carbocycles. The van der Waals surface area contributed by atoms with Crippen molar-refractivity contribution in [1.82, 2.24) is 4.98 Å². The van der Waals surface area contributed by atoms with Gasteiger partial charge in [-0.15, -0.1) is 0 Å². The Morgan fingerprint density at radius 2 is 1.86 bits per heavy atom. The lowest BCUT2D eigenvalue weighted by Crippen LogP contribution is -2.03. The fraction of sp³-hybridized carbons (Fsp3) is 0.0625. The van der Waals surface area contributed by atoms with E-state index in [1.165, 1.54) is 6.07 Å². The van der Waals surface area contributed by atoms with E-state index in [4.69, 9.17) is 11.6 Å². The van der Waals surface area contributed by atoms with E-state index in [-0.39, 0.29) is 5.56 Å². The molecule has 0 aliphatic carbocycles. The highest BCUT2D eigenvalue weighted by atomic mass is 35.5. The molecule has 1 N–H and O–H groups in total. The Balaban J connectivity index is 2.15. The molecule has 3 rings (SSSR count). The van der Waals surface area contributed by atoms with Crippen LogP contribution >= 0.6 is 11.6 Å². The number of aliphatic hydroxyl groups excluding tert-OH is 1. The third-order valence-corrected chi connectivity index (χ3v) is 3.63. The van der Waals surface area contributed by atoms with Crippen molar-refractivity contribution in [3.63, 3.8) is 0 Å². The predicted octanol–water partition coefficient (Wildman–Crippen LogP) is 4.25. The van der Waals surface area contributed by atoms with Crippen LogP contribution in [0.4, 0.5) is 8.78 Å². The van der Waals surface area contributed by atoms with E-state index < -0.39 is 17.7 Å². The lowest BCUT2D eigenvalue weighted by Gasteiger charge is -2.14. The van der Waals surface area contributed by atoms with Gasteiger partial charge in [0.2, 0.25) is 0 Å². The van der Waals surface area contributed by atoms with Gasteiger partial charge in [-0.25, -0.2) is 8.78 Å². The standard InChI is InChI=1S/C16H10ClF2NO/c17-12-5-4-11(15-10(12)2-1-7-20-15)16(21)9-3-6-13(18)14(19)8-9/h1-8,16,21H. The number of nitrogens with zero attached hydrogens (tertiary/aromatic N) is 1. The van der Waals surface area contributed by atoms with Gasteiger partial charge in [0.15, 0.2) is 11.6 Å². The van der Waals surface area contributed by atoms with Crippen molar-refractivity contribution < 1.29 is 13.9 Å². The third-order valence-electron chi connectivity index (χ3n) is 3.30. The third kappa shape index (κ3) is 2.48.